The van der Waals surface area contributed by atoms with E-state index in [9.17, 15) is 17.6 Å². The number of rotatable bonds is 4. The SMILES string of the molecule is N#Cc1c(F)c(F)c(NCC(O)CO)c(F)c1F. The van der Waals surface area contributed by atoms with Gasteiger partial charge in [0.15, 0.2) is 23.3 Å². The second kappa shape index (κ2) is 5.66. The molecule has 0 aliphatic heterocycles. The molecule has 1 aromatic carbocycles. The van der Waals surface area contributed by atoms with Gasteiger partial charge >= 0.3 is 0 Å². The lowest BCUT2D eigenvalue weighted by molar-refractivity contribution is 0.105. The van der Waals surface area contributed by atoms with Crippen molar-refractivity contribution in [3.63, 3.8) is 0 Å². The Morgan fingerprint density at radius 2 is 1.61 bits per heavy atom. The van der Waals surface area contributed by atoms with E-state index in [1.54, 1.807) is 0 Å². The number of anilines is 1. The van der Waals surface area contributed by atoms with Gasteiger partial charge in [-0.2, -0.15) is 5.26 Å². The minimum Gasteiger partial charge on any atom is -0.394 e. The quantitative estimate of drug-likeness (QED) is 0.557. The van der Waals surface area contributed by atoms with E-state index >= 15 is 0 Å². The van der Waals surface area contributed by atoms with E-state index in [4.69, 9.17) is 15.5 Å². The van der Waals surface area contributed by atoms with Gasteiger partial charge in [-0.15, -0.1) is 0 Å². The molecule has 18 heavy (non-hydrogen) atoms. The predicted octanol–water partition coefficient (Wildman–Crippen LogP) is 0.880. The van der Waals surface area contributed by atoms with Crippen LogP contribution in [0.25, 0.3) is 0 Å². The molecule has 0 saturated carbocycles. The van der Waals surface area contributed by atoms with Crippen molar-refractivity contribution in [2.75, 3.05) is 18.5 Å². The number of nitriles is 1. The van der Waals surface area contributed by atoms with Crippen molar-refractivity contribution < 1.29 is 27.8 Å². The molecule has 1 unspecified atom stereocenters. The molecule has 0 fully saturated rings. The molecule has 0 aromatic heterocycles. The molecule has 0 amide bonds. The highest BCUT2D eigenvalue weighted by Gasteiger charge is 2.25. The van der Waals surface area contributed by atoms with Crippen LogP contribution in [-0.4, -0.2) is 29.5 Å². The van der Waals surface area contributed by atoms with Gasteiger partial charge in [-0.1, -0.05) is 0 Å². The Bertz CT molecular complexity index is 473. The third-order valence-corrected chi connectivity index (χ3v) is 2.10. The van der Waals surface area contributed by atoms with E-state index in [0.29, 0.717) is 0 Å². The fraction of sp³-hybridized carbons (Fsp3) is 0.300. The maximum atomic E-state index is 13.3. The number of hydrogen-bond acceptors (Lipinski definition) is 4. The molecule has 4 nitrogen and oxygen atoms in total. The minimum atomic E-state index is -1.82. The molecular formula is C10H8F4N2O2. The van der Waals surface area contributed by atoms with E-state index < -0.39 is 53.8 Å². The molecular weight excluding hydrogens is 256 g/mol. The van der Waals surface area contributed by atoms with Gasteiger partial charge in [0, 0.05) is 6.54 Å². The average Bonchev–Trinajstić information content (AvgIpc) is 2.36. The molecule has 0 aliphatic carbocycles. The van der Waals surface area contributed by atoms with E-state index in [1.807, 2.05) is 5.32 Å². The van der Waals surface area contributed by atoms with Crippen LogP contribution in [0.3, 0.4) is 0 Å². The molecule has 1 atom stereocenters. The molecule has 0 saturated heterocycles. The van der Waals surface area contributed by atoms with Crippen LogP contribution in [0.1, 0.15) is 5.56 Å². The van der Waals surface area contributed by atoms with Gasteiger partial charge < -0.3 is 15.5 Å². The van der Waals surface area contributed by atoms with Crippen molar-refractivity contribution >= 4 is 5.69 Å². The maximum Gasteiger partial charge on any atom is 0.186 e. The summed E-state index contributed by atoms with van der Waals surface area (Å²) in [6.07, 6.45) is -1.36. The smallest absolute Gasteiger partial charge is 0.186 e. The third-order valence-electron chi connectivity index (χ3n) is 2.10. The Balaban J connectivity index is 3.18. The summed E-state index contributed by atoms with van der Waals surface area (Å²) in [5, 5.41) is 27.7. The first-order chi connectivity index (χ1) is 8.43. The predicted molar refractivity (Wildman–Crippen MR) is 52.6 cm³/mol. The normalized spacial score (nSPS) is 12.1. The second-order valence-electron chi connectivity index (χ2n) is 3.34. The number of aliphatic hydroxyl groups excluding tert-OH is 2. The van der Waals surface area contributed by atoms with Crippen LogP contribution in [0.4, 0.5) is 23.2 Å². The zero-order chi connectivity index (χ0) is 13.9. The highest BCUT2D eigenvalue weighted by atomic mass is 19.2. The summed E-state index contributed by atoms with van der Waals surface area (Å²) < 4.78 is 52.9. The summed E-state index contributed by atoms with van der Waals surface area (Å²) in [5.74, 6) is -7.18. The largest absolute Gasteiger partial charge is 0.394 e. The summed E-state index contributed by atoms with van der Waals surface area (Å²) in [6, 6.07) is 1.00. The second-order valence-corrected chi connectivity index (χ2v) is 3.34. The summed E-state index contributed by atoms with van der Waals surface area (Å²) in [5.41, 5.74) is -2.50. The summed E-state index contributed by atoms with van der Waals surface area (Å²) in [7, 11) is 0. The third kappa shape index (κ3) is 2.52. The van der Waals surface area contributed by atoms with Crippen molar-refractivity contribution in [1.82, 2.24) is 0 Å². The molecule has 1 aromatic rings. The monoisotopic (exact) mass is 264 g/mol. The van der Waals surface area contributed by atoms with E-state index in [2.05, 4.69) is 0 Å². The molecule has 0 spiro atoms. The van der Waals surface area contributed by atoms with Crippen molar-refractivity contribution in [2.24, 2.45) is 0 Å². The molecule has 98 valence electrons. The number of hydrogen-bond donors (Lipinski definition) is 3. The van der Waals surface area contributed by atoms with Crippen LogP contribution in [0.5, 0.6) is 0 Å². The lowest BCUT2D eigenvalue weighted by Gasteiger charge is -2.13. The van der Waals surface area contributed by atoms with Gasteiger partial charge in [0.1, 0.15) is 17.3 Å². The Morgan fingerprint density at radius 1 is 1.11 bits per heavy atom. The minimum absolute atomic E-state index is 0.519. The zero-order valence-corrected chi connectivity index (χ0v) is 8.85. The zero-order valence-electron chi connectivity index (χ0n) is 8.85. The Hall–Kier alpha value is -1.85. The number of benzene rings is 1. The van der Waals surface area contributed by atoms with Gasteiger partial charge in [-0.05, 0) is 0 Å². The Kier molecular flexibility index (Phi) is 4.47. The van der Waals surface area contributed by atoms with Crippen LogP contribution in [0, 0.1) is 34.6 Å². The standard InChI is InChI=1S/C10H8F4N2O2/c11-6-5(1-15)7(12)9(14)10(8(6)13)16-2-4(18)3-17/h4,16-18H,2-3H2. The molecule has 3 N–H and O–H groups in total. The molecule has 1 rings (SSSR count). The fourth-order valence-corrected chi connectivity index (χ4v) is 1.17. The highest BCUT2D eigenvalue weighted by molar-refractivity contribution is 5.52. The van der Waals surface area contributed by atoms with Crippen LogP contribution in [0.2, 0.25) is 0 Å². The van der Waals surface area contributed by atoms with Crippen molar-refractivity contribution in [2.45, 2.75) is 6.10 Å². The van der Waals surface area contributed by atoms with Gasteiger partial charge in [-0.25, -0.2) is 17.6 Å². The average molecular weight is 264 g/mol. The number of nitrogens with one attached hydrogen (secondary N) is 1. The summed E-state index contributed by atoms with van der Waals surface area (Å²) >= 11 is 0. The van der Waals surface area contributed by atoms with Gasteiger partial charge in [-0.3, -0.25) is 0 Å². The van der Waals surface area contributed by atoms with Crippen LogP contribution in [0.15, 0.2) is 0 Å². The highest BCUT2D eigenvalue weighted by Crippen LogP contribution is 2.27. The first-order valence-corrected chi connectivity index (χ1v) is 4.72. The fourth-order valence-electron chi connectivity index (χ4n) is 1.17. The van der Waals surface area contributed by atoms with E-state index in [1.165, 1.54) is 0 Å². The molecule has 0 radical (unpaired) electrons. The van der Waals surface area contributed by atoms with Crippen LogP contribution in [-0.2, 0) is 0 Å². The van der Waals surface area contributed by atoms with Gasteiger partial charge in [0.25, 0.3) is 0 Å². The lowest BCUT2D eigenvalue weighted by Crippen LogP contribution is -2.24. The number of nitrogens with zero attached hydrogens (tertiary/aromatic N) is 1. The van der Waals surface area contributed by atoms with Crippen molar-refractivity contribution in [1.29, 1.82) is 5.26 Å². The first kappa shape index (κ1) is 14.2. The van der Waals surface area contributed by atoms with Crippen molar-refractivity contribution in [3.8, 4) is 6.07 Å². The number of aliphatic hydroxyl groups is 2. The maximum absolute atomic E-state index is 13.3. The van der Waals surface area contributed by atoms with Crippen molar-refractivity contribution in [3.05, 3.63) is 28.8 Å². The Morgan fingerprint density at radius 3 is 2.00 bits per heavy atom. The molecule has 8 heteroatoms. The van der Waals surface area contributed by atoms with Gasteiger partial charge in [0.2, 0.25) is 0 Å². The van der Waals surface area contributed by atoms with Crippen LogP contribution < -0.4 is 5.32 Å². The number of halogens is 4. The molecule has 0 bridgehead atoms. The lowest BCUT2D eigenvalue weighted by atomic mass is 10.1. The molecule has 0 aliphatic rings. The van der Waals surface area contributed by atoms with E-state index in [-0.39, 0.29) is 0 Å². The summed E-state index contributed by atoms with van der Waals surface area (Å²) in [6.45, 7) is -1.22. The van der Waals surface area contributed by atoms with E-state index in [0.717, 1.165) is 6.07 Å². The molecule has 0 heterocycles. The Labute approximate surface area is 99.1 Å². The van der Waals surface area contributed by atoms with Crippen LogP contribution >= 0.6 is 0 Å². The topological polar surface area (TPSA) is 76.3 Å². The summed E-state index contributed by atoms with van der Waals surface area (Å²) in [4.78, 5) is 0. The first-order valence-electron chi connectivity index (χ1n) is 4.72. The van der Waals surface area contributed by atoms with Gasteiger partial charge in [0.05, 0.1) is 12.7 Å².